The van der Waals surface area contributed by atoms with Gasteiger partial charge in [-0.1, -0.05) is 11.3 Å². The fourth-order valence-electron chi connectivity index (χ4n) is 6.81. The van der Waals surface area contributed by atoms with Crippen molar-refractivity contribution in [3.63, 3.8) is 0 Å². The molecular formula is C33H37N9O4S. The Bertz CT molecular complexity index is 2000. The van der Waals surface area contributed by atoms with Crippen LogP contribution in [0.5, 0.6) is 5.75 Å². The van der Waals surface area contributed by atoms with E-state index in [4.69, 9.17) is 34.3 Å². The van der Waals surface area contributed by atoms with E-state index in [9.17, 15) is 4.79 Å². The number of piperazine rings is 1. The van der Waals surface area contributed by atoms with Gasteiger partial charge in [-0.25, -0.2) is 19.4 Å². The maximum Gasteiger partial charge on any atom is 0.410 e. The van der Waals surface area contributed by atoms with Gasteiger partial charge in [0, 0.05) is 55.7 Å². The summed E-state index contributed by atoms with van der Waals surface area (Å²) in [6.45, 7) is 11.8. The molecule has 0 aromatic carbocycles. The first-order valence-electron chi connectivity index (χ1n) is 15.9. The number of aryl methyl sites for hydroxylation is 1. The molecule has 47 heavy (non-hydrogen) atoms. The van der Waals surface area contributed by atoms with Gasteiger partial charge in [-0.3, -0.25) is 9.97 Å². The molecule has 3 fully saturated rings. The molecule has 3 aliphatic rings. The second-order valence-electron chi connectivity index (χ2n) is 13.2. The lowest BCUT2D eigenvalue weighted by molar-refractivity contribution is 0.0214. The van der Waals surface area contributed by atoms with Crippen LogP contribution in [0.25, 0.3) is 38.2 Å². The zero-order valence-electron chi connectivity index (χ0n) is 27.1. The van der Waals surface area contributed by atoms with Crippen molar-refractivity contribution in [1.29, 1.82) is 0 Å². The number of carbonyl (C=O) groups excluding carboxylic acids is 1. The average molecular weight is 656 g/mol. The molecule has 2 atom stereocenters. The first-order valence-corrected chi connectivity index (χ1v) is 16.7. The number of rotatable bonds is 5. The summed E-state index contributed by atoms with van der Waals surface area (Å²) in [5, 5.41) is 6.70. The number of methoxy groups -OCH3 is 1. The highest BCUT2D eigenvalue weighted by Crippen LogP contribution is 2.41. The molecule has 3 saturated heterocycles. The smallest absolute Gasteiger partial charge is 0.410 e. The molecule has 1 amide bonds. The van der Waals surface area contributed by atoms with Crippen LogP contribution in [-0.4, -0.2) is 105 Å². The second kappa shape index (κ2) is 11.3. The summed E-state index contributed by atoms with van der Waals surface area (Å²) in [4.78, 5) is 39.0. The van der Waals surface area contributed by atoms with Gasteiger partial charge in [-0.2, -0.15) is 5.10 Å². The van der Waals surface area contributed by atoms with Crippen LogP contribution in [-0.2, 0) is 9.47 Å². The summed E-state index contributed by atoms with van der Waals surface area (Å²) < 4.78 is 19.9. The summed E-state index contributed by atoms with van der Waals surface area (Å²) in [5.41, 5.74) is 3.66. The van der Waals surface area contributed by atoms with Gasteiger partial charge in [0.05, 0.1) is 60.1 Å². The molecule has 0 spiro atoms. The van der Waals surface area contributed by atoms with Crippen LogP contribution in [0.15, 0.2) is 36.8 Å². The largest absolute Gasteiger partial charge is 0.496 e. The minimum Gasteiger partial charge on any atom is -0.496 e. The third-order valence-electron chi connectivity index (χ3n) is 9.01. The Labute approximate surface area is 276 Å². The molecule has 0 N–H and O–H groups in total. The van der Waals surface area contributed by atoms with Crippen molar-refractivity contribution < 1.29 is 19.0 Å². The third-order valence-corrected chi connectivity index (χ3v) is 10.1. The van der Waals surface area contributed by atoms with Crippen molar-refractivity contribution in [2.24, 2.45) is 0 Å². The summed E-state index contributed by atoms with van der Waals surface area (Å²) >= 11 is 1.66. The maximum absolute atomic E-state index is 12.9. The Morgan fingerprint density at radius 2 is 1.89 bits per heavy atom. The molecule has 0 unspecified atom stereocenters. The number of fused-ring (bicyclic) bond motifs is 4. The van der Waals surface area contributed by atoms with E-state index < -0.39 is 5.60 Å². The Kier molecular flexibility index (Phi) is 7.17. The first kappa shape index (κ1) is 29.8. The highest BCUT2D eigenvalue weighted by molar-refractivity contribution is 7.22. The van der Waals surface area contributed by atoms with E-state index in [-0.39, 0.29) is 18.2 Å². The second-order valence-corrected chi connectivity index (χ2v) is 14.2. The van der Waals surface area contributed by atoms with E-state index in [0.717, 1.165) is 75.1 Å². The summed E-state index contributed by atoms with van der Waals surface area (Å²) in [6, 6.07) is 6.23. The molecule has 13 nitrogen and oxygen atoms in total. The molecule has 2 bridgehead atoms. The van der Waals surface area contributed by atoms with Gasteiger partial charge < -0.3 is 28.9 Å². The monoisotopic (exact) mass is 655 g/mol. The average Bonchev–Trinajstić information content (AvgIpc) is 3.86. The molecule has 0 aliphatic carbocycles. The molecule has 0 radical (unpaired) electrons. The highest BCUT2D eigenvalue weighted by Gasteiger charge is 2.47. The summed E-state index contributed by atoms with van der Waals surface area (Å²) in [5.74, 6) is 2.23. The van der Waals surface area contributed by atoms with Crippen LogP contribution < -0.4 is 14.5 Å². The fraction of sp³-hybridized carbons (Fsp3) is 0.455. The zero-order valence-corrected chi connectivity index (χ0v) is 28.0. The van der Waals surface area contributed by atoms with Crippen molar-refractivity contribution in [1.82, 2.24) is 34.6 Å². The van der Waals surface area contributed by atoms with Crippen molar-refractivity contribution >= 4 is 49.5 Å². The number of hydrogen-bond donors (Lipinski definition) is 0. The Balaban J connectivity index is 1.18. The van der Waals surface area contributed by atoms with Crippen LogP contribution in [0.4, 0.5) is 15.7 Å². The molecule has 14 heteroatoms. The summed E-state index contributed by atoms with van der Waals surface area (Å²) in [6.07, 6.45) is 5.99. The minimum absolute atomic E-state index is 0.106. The van der Waals surface area contributed by atoms with Gasteiger partial charge in [0.1, 0.15) is 16.9 Å². The third kappa shape index (κ3) is 5.28. The number of morpholine rings is 1. The van der Waals surface area contributed by atoms with Gasteiger partial charge in [-0.05, 0) is 46.2 Å². The maximum atomic E-state index is 12.9. The number of likely N-dealkylation sites (tertiary alicyclic amines) is 1. The molecule has 8 heterocycles. The van der Waals surface area contributed by atoms with Crippen LogP contribution in [0.3, 0.4) is 0 Å². The summed E-state index contributed by atoms with van der Waals surface area (Å²) in [7, 11) is 1.65. The number of pyridine rings is 3. The molecule has 244 valence electrons. The van der Waals surface area contributed by atoms with Crippen molar-refractivity contribution in [2.45, 2.75) is 51.8 Å². The molecule has 8 rings (SSSR count). The van der Waals surface area contributed by atoms with E-state index in [1.807, 2.05) is 55.6 Å². The zero-order chi connectivity index (χ0) is 32.4. The standard InChI is InChI=1S/C33H37N9O4S/c1-19-22-16-35-42(25(22)13-24(36-19)23-15-34-7-6-26(23)44-5)28-14-27-29(30(37-28)39-8-10-45-11-9-39)38-31(47-27)40-17-21-12-20(40)18-41(21)32(43)46-33(2,3)4/h6-7,13-16,20-21H,8-12,17-18H2,1-5H3/t20-,21-/m1/s1. The van der Waals surface area contributed by atoms with Gasteiger partial charge in [-0.15, -0.1) is 0 Å². The number of ether oxygens (including phenoxy) is 3. The first-order chi connectivity index (χ1) is 22.7. The quantitative estimate of drug-likeness (QED) is 0.258. The Morgan fingerprint density at radius 3 is 2.64 bits per heavy atom. The van der Waals surface area contributed by atoms with Crippen LogP contribution in [0.1, 0.15) is 32.9 Å². The molecular weight excluding hydrogens is 618 g/mol. The van der Waals surface area contributed by atoms with Gasteiger partial charge in [0.15, 0.2) is 16.8 Å². The predicted octanol–water partition coefficient (Wildman–Crippen LogP) is 4.84. The number of carbonyl (C=O) groups is 1. The number of amides is 1. The highest BCUT2D eigenvalue weighted by atomic mass is 32.1. The normalized spacial score (nSPS) is 19.7. The number of aromatic nitrogens is 6. The van der Waals surface area contributed by atoms with Crippen LogP contribution >= 0.6 is 11.3 Å². The molecule has 5 aromatic rings. The number of thiazole rings is 1. The van der Waals surface area contributed by atoms with Crippen molar-refractivity contribution in [3.8, 4) is 22.8 Å². The minimum atomic E-state index is -0.519. The molecule has 3 aliphatic heterocycles. The number of anilines is 2. The van der Waals surface area contributed by atoms with Crippen LogP contribution in [0, 0.1) is 6.92 Å². The topological polar surface area (TPSA) is 124 Å². The SMILES string of the molecule is COc1ccncc1-c1cc2c(cnn2-c2cc3sc(N4C[C@H]5C[C@@H]4CN5C(=O)OC(C)(C)C)nc3c(N3CCOCC3)n2)c(C)n1. The van der Waals surface area contributed by atoms with Crippen LogP contribution in [0.2, 0.25) is 0 Å². The van der Waals surface area contributed by atoms with Gasteiger partial charge in [0.2, 0.25) is 0 Å². The Hall–Kier alpha value is -4.56. The van der Waals surface area contributed by atoms with E-state index in [1.165, 1.54) is 0 Å². The van der Waals surface area contributed by atoms with Crippen molar-refractivity contribution in [2.75, 3.05) is 56.3 Å². The van der Waals surface area contributed by atoms with Crippen molar-refractivity contribution in [3.05, 3.63) is 42.5 Å². The lowest BCUT2D eigenvalue weighted by Crippen LogP contribution is -2.50. The lowest BCUT2D eigenvalue weighted by Gasteiger charge is -2.35. The van der Waals surface area contributed by atoms with Gasteiger partial charge >= 0.3 is 6.09 Å². The predicted molar refractivity (Wildman–Crippen MR) is 180 cm³/mol. The lowest BCUT2D eigenvalue weighted by atomic mass is 10.1. The van der Waals surface area contributed by atoms with E-state index in [0.29, 0.717) is 31.3 Å². The Morgan fingerprint density at radius 1 is 1.06 bits per heavy atom. The fourth-order valence-corrected chi connectivity index (χ4v) is 7.88. The molecule has 5 aromatic heterocycles. The number of nitrogens with zero attached hydrogens (tertiary/aromatic N) is 9. The van der Waals surface area contributed by atoms with E-state index >= 15 is 0 Å². The van der Waals surface area contributed by atoms with Gasteiger partial charge in [0.25, 0.3) is 0 Å². The number of hydrogen-bond acceptors (Lipinski definition) is 12. The van der Waals surface area contributed by atoms with E-state index in [1.54, 1.807) is 30.8 Å². The van der Waals surface area contributed by atoms with E-state index in [2.05, 4.69) is 20.9 Å². The molecule has 0 saturated carbocycles.